The van der Waals surface area contributed by atoms with E-state index in [1.807, 2.05) is 45.9 Å². The summed E-state index contributed by atoms with van der Waals surface area (Å²) in [6, 6.07) is 8.31. The minimum atomic E-state index is -0.462. The average molecular weight is 344 g/mol. The number of para-hydroxylation sites is 2. The number of amides is 1. The fourth-order valence-electron chi connectivity index (χ4n) is 3.40. The number of fused-ring (bicyclic) bond motifs is 1. The van der Waals surface area contributed by atoms with Crippen molar-refractivity contribution in [2.24, 2.45) is 5.73 Å². The van der Waals surface area contributed by atoms with Gasteiger partial charge >= 0.3 is 6.09 Å². The second-order valence-corrected chi connectivity index (χ2v) is 7.82. The van der Waals surface area contributed by atoms with E-state index in [1.165, 1.54) is 0 Å². The number of nitrogens with two attached hydrogens (primary N) is 1. The Morgan fingerprint density at radius 1 is 1.28 bits per heavy atom. The number of ether oxygens (including phenoxy) is 1. The maximum Gasteiger partial charge on any atom is 0.410 e. The molecule has 0 radical (unpaired) electrons. The molecule has 2 N–H and O–H groups in total. The van der Waals surface area contributed by atoms with E-state index in [9.17, 15) is 4.79 Å². The van der Waals surface area contributed by atoms with Crippen LogP contribution >= 0.6 is 0 Å². The molecule has 1 aliphatic heterocycles. The predicted molar refractivity (Wildman–Crippen MR) is 98.4 cm³/mol. The molecule has 1 saturated heterocycles. The SMILES string of the molecule is CC(N)c1nc2ccccc2n1C1CCN(C(=O)OC(C)(C)C)CC1. The summed E-state index contributed by atoms with van der Waals surface area (Å²) >= 11 is 0. The second-order valence-electron chi connectivity index (χ2n) is 7.82. The molecule has 1 amide bonds. The molecule has 2 heterocycles. The lowest BCUT2D eigenvalue weighted by atomic mass is 10.0. The quantitative estimate of drug-likeness (QED) is 0.903. The molecule has 6 heteroatoms. The number of imidazole rings is 1. The molecule has 1 aliphatic rings. The fraction of sp³-hybridized carbons (Fsp3) is 0.579. The summed E-state index contributed by atoms with van der Waals surface area (Å²) in [4.78, 5) is 18.8. The number of nitrogens with zero attached hydrogens (tertiary/aromatic N) is 3. The number of piperidine rings is 1. The van der Waals surface area contributed by atoms with Gasteiger partial charge in [0, 0.05) is 19.1 Å². The number of hydrogen-bond donors (Lipinski definition) is 1. The molecule has 6 nitrogen and oxygen atoms in total. The molecular weight excluding hydrogens is 316 g/mol. The van der Waals surface area contributed by atoms with Crippen molar-refractivity contribution in [2.75, 3.05) is 13.1 Å². The molecule has 0 saturated carbocycles. The Kier molecular flexibility index (Phi) is 4.73. The van der Waals surface area contributed by atoms with Crippen molar-refractivity contribution in [1.82, 2.24) is 14.5 Å². The molecule has 1 atom stereocenters. The van der Waals surface area contributed by atoms with Crippen molar-refractivity contribution in [1.29, 1.82) is 0 Å². The van der Waals surface area contributed by atoms with E-state index in [1.54, 1.807) is 4.90 Å². The summed E-state index contributed by atoms with van der Waals surface area (Å²) in [6.07, 6.45) is 1.52. The summed E-state index contributed by atoms with van der Waals surface area (Å²) in [7, 11) is 0. The van der Waals surface area contributed by atoms with Crippen molar-refractivity contribution >= 4 is 17.1 Å². The van der Waals surface area contributed by atoms with Gasteiger partial charge in [-0.15, -0.1) is 0 Å². The maximum atomic E-state index is 12.3. The van der Waals surface area contributed by atoms with E-state index in [-0.39, 0.29) is 12.1 Å². The third-order valence-electron chi connectivity index (χ3n) is 4.51. The van der Waals surface area contributed by atoms with Crippen LogP contribution in [-0.4, -0.2) is 39.2 Å². The van der Waals surface area contributed by atoms with Gasteiger partial charge in [-0.25, -0.2) is 9.78 Å². The van der Waals surface area contributed by atoms with Gasteiger partial charge in [-0.1, -0.05) is 12.1 Å². The van der Waals surface area contributed by atoms with Crippen LogP contribution in [0.25, 0.3) is 11.0 Å². The maximum absolute atomic E-state index is 12.3. The molecular formula is C19H28N4O2. The van der Waals surface area contributed by atoms with E-state index in [0.29, 0.717) is 19.1 Å². The van der Waals surface area contributed by atoms with Crippen LogP contribution in [0.1, 0.15) is 58.4 Å². The highest BCUT2D eigenvalue weighted by atomic mass is 16.6. The van der Waals surface area contributed by atoms with E-state index in [2.05, 4.69) is 10.6 Å². The minimum absolute atomic E-state index is 0.128. The van der Waals surface area contributed by atoms with E-state index >= 15 is 0 Å². The van der Waals surface area contributed by atoms with Crippen LogP contribution in [0, 0.1) is 0 Å². The highest BCUT2D eigenvalue weighted by molar-refractivity contribution is 5.76. The summed E-state index contributed by atoms with van der Waals surface area (Å²) in [6.45, 7) is 9.01. The lowest BCUT2D eigenvalue weighted by Gasteiger charge is -2.35. The zero-order valence-electron chi connectivity index (χ0n) is 15.5. The molecule has 1 unspecified atom stereocenters. The monoisotopic (exact) mass is 344 g/mol. The largest absolute Gasteiger partial charge is 0.444 e. The van der Waals surface area contributed by atoms with E-state index < -0.39 is 5.60 Å². The lowest BCUT2D eigenvalue weighted by Crippen LogP contribution is -2.42. The fourth-order valence-corrected chi connectivity index (χ4v) is 3.40. The van der Waals surface area contributed by atoms with Crippen LogP contribution in [0.3, 0.4) is 0 Å². The molecule has 25 heavy (non-hydrogen) atoms. The van der Waals surface area contributed by atoms with Gasteiger partial charge in [-0.2, -0.15) is 0 Å². The van der Waals surface area contributed by atoms with Crippen molar-refractivity contribution in [3.63, 3.8) is 0 Å². The molecule has 1 aromatic carbocycles. The van der Waals surface area contributed by atoms with E-state index in [4.69, 9.17) is 15.5 Å². The van der Waals surface area contributed by atoms with Crippen molar-refractivity contribution in [3.05, 3.63) is 30.1 Å². The van der Waals surface area contributed by atoms with Crippen molar-refractivity contribution < 1.29 is 9.53 Å². The molecule has 1 fully saturated rings. The Balaban J connectivity index is 1.78. The van der Waals surface area contributed by atoms with Crippen LogP contribution in [0.5, 0.6) is 0 Å². The Hall–Kier alpha value is -2.08. The number of aromatic nitrogens is 2. The first-order valence-corrected chi connectivity index (χ1v) is 8.96. The van der Waals surface area contributed by atoms with Gasteiger partial charge in [0.2, 0.25) is 0 Å². The molecule has 0 spiro atoms. The van der Waals surface area contributed by atoms with Gasteiger partial charge in [-0.05, 0) is 52.7 Å². The van der Waals surface area contributed by atoms with Crippen LogP contribution in [0.4, 0.5) is 4.79 Å². The number of benzene rings is 1. The van der Waals surface area contributed by atoms with Gasteiger partial charge in [0.25, 0.3) is 0 Å². The van der Waals surface area contributed by atoms with Crippen molar-refractivity contribution in [2.45, 2.75) is 58.2 Å². The van der Waals surface area contributed by atoms with Crippen LogP contribution in [0.15, 0.2) is 24.3 Å². The first-order valence-electron chi connectivity index (χ1n) is 8.96. The Bertz CT molecular complexity index is 752. The van der Waals surface area contributed by atoms with Crippen LogP contribution < -0.4 is 5.73 Å². The Morgan fingerprint density at radius 3 is 2.52 bits per heavy atom. The first kappa shape index (κ1) is 17.7. The average Bonchev–Trinajstić information content (AvgIpc) is 2.93. The molecule has 0 aliphatic carbocycles. The second kappa shape index (κ2) is 6.67. The number of carbonyl (C=O) groups excluding carboxylic acids is 1. The molecule has 1 aromatic heterocycles. The third-order valence-corrected chi connectivity index (χ3v) is 4.51. The van der Waals surface area contributed by atoms with Crippen molar-refractivity contribution in [3.8, 4) is 0 Å². The van der Waals surface area contributed by atoms with Gasteiger partial charge in [0.05, 0.1) is 17.1 Å². The highest BCUT2D eigenvalue weighted by Crippen LogP contribution is 2.31. The van der Waals surface area contributed by atoms with Gasteiger partial charge in [0.15, 0.2) is 0 Å². The van der Waals surface area contributed by atoms with Gasteiger partial charge in [-0.3, -0.25) is 0 Å². The third kappa shape index (κ3) is 3.79. The zero-order valence-corrected chi connectivity index (χ0v) is 15.5. The number of carbonyl (C=O) groups is 1. The Labute approximate surface area is 149 Å². The zero-order chi connectivity index (χ0) is 18.2. The standard InChI is InChI=1S/C19H28N4O2/c1-13(20)17-21-15-7-5-6-8-16(15)23(17)14-9-11-22(12-10-14)18(24)25-19(2,3)4/h5-8,13-14H,9-12,20H2,1-4H3. The number of likely N-dealkylation sites (tertiary alicyclic amines) is 1. The molecule has 136 valence electrons. The van der Waals surface area contributed by atoms with Gasteiger partial charge in [0.1, 0.15) is 11.4 Å². The minimum Gasteiger partial charge on any atom is -0.444 e. The van der Waals surface area contributed by atoms with Crippen LogP contribution in [0.2, 0.25) is 0 Å². The lowest BCUT2D eigenvalue weighted by molar-refractivity contribution is 0.0188. The molecule has 3 rings (SSSR count). The number of hydrogen-bond acceptors (Lipinski definition) is 4. The topological polar surface area (TPSA) is 73.4 Å². The predicted octanol–water partition coefficient (Wildman–Crippen LogP) is 3.63. The smallest absolute Gasteiger partial charge is 0.410 e. The van der Waals surface area contributed by atoms with Gasteiger partial charge < -0.3 is 19.9 Å². The molecule has 0 bridgehead atoms. The summed E-state index contributed by atoms with van der Waals surface area (Å²) in [5.74, 6) is 0.914. The Morgan fingerprint density at radius 2 is 1.92 bits per heavy atom. The molecule has 2 aromatic rings. The highest BCUT2D eigenvalue weighted by Gasteiger charge is 2.29. The van der Waals surface area contributed by atoms with Crippen LogP contribution in [-0.2, 0) is 4.74 Å². The number of rotatable bonds is 2. The first-order chi connectivity index (χ1) is 11.8. The summed E-state index contributed by atoms with van der Waals surface area (Å²) in [5.41, 5.74) is 7.79. The van der Waals surface area contributed by atoms with E-state index in [0.717, 1.165) is 29.7 Å². The normalized spacial score (nSPS) is 17.7. The summed E-state index contributed by atoms with van der Waals surface area (Å²) < 4.78 is 7.75. The summed E-state index contributed by atoms with van der Waals surface area (Å²) in [5, 5.41) is 0.